The Morgan fingerprint density at radius 3 is 2.27 bits per heavy atom. The Labute approximate surface area is 161 Å². The van der Waals surface area contributed by atoms with Crippen molar-refractivity contribution in [3.8, 4) is 11.1 Å². The molecule has 0 bridgehead atoms. The molecule has 1 unspecified atom stereocenters. The molecular weight excluding hydrogens is 397 g/mol. The highest BCUT2D eigenvalue weighted by Gasteiger charge is 2.42. The van der Waals surface area contributed by atoms with Crippen molar-refractivity contribution >= 4 is 38.9 Å². The van der Waals surface area contributed by atoms with Gasteiger partial charge >= 0.3 is 0 Å². The summed E-state index contributed by atoms with van der Waals surface area (Å²) in [7, 11) is -3.68. The lowest BCUT2D eigenvalue weighted by Gasteiger charge is -2.18. The number of halogens is 2. The molecule has 2 atom stereocenters. The SMILES string of the molecule is O=C(NO)[C@H]1CCCC1S(=O)(=O)c1ccc(-c2ccc(Cl)c(Cl)c2)cc1. The fourth-order valence-corrected chi connectivity index (χ4v) is 5.70. The zero-order valence-corrected chi connectivity index (χ0v) is 16.0. The van der Waals surface area contributed by atoms with Gasteiger partial charge in [-0.2, -0.15) is 0 Å². The van der Waals surface area contributed by atoms with Crippen LogP contribution in [0.2, 0.25) is 10.0 Å². The lowest BCUT2D eigenvalue weighted by Crippen LogP contribution is -2.36. The van der Waals surface area contributed by atoms with Crippen molar-refractivity contribution in [1.82, 2.24) is 5.48 Å². The van der Waals surface area contributed by atoms with Crippen LogP contribution in [0.15, 0.2) is 47.4 Å². The Morgan fingerprint density at radius 2 is 1.65 bits per heavy atom. The highest BCUT2D eigenvalue weighted by molar-refractivity contribution is 7.92. The second kappa shape index (κ2) is 7.56. The first-order valence-corrected chi connectivity index (χ1v) is 10.4. The lowest BCUT2D eigenvalue weighted by molar-refractivity contribution is -0.133. The third-order valence-electron chi connectivity index (χ3n) is 4.73. The van der Waals surface area contributed by atoms with Crippen LogP contribution in [-0.4, -0.2) is 24.8 Å². The van der Waals surface area contributed by atoms with Crippen LogP contribution in [-0.2, 0) is 14.6 Å². The molecule has 0 heterocycles. The molecule has 1 saturated carbocycles. The van der Waals surface area contributed by atoms with Crippen molar-refractivity contribution < 1.29 is 18.4 Å². The first-order chi connectivity index (χ1) is 12.3. The van der Waals surface area contributed by atoms with Crippen molar-refractivity contribution in [2.24, 2.45) is 5.92 Å². The van der Waals surface area contributed by atoms with E-state index < -0.39 is 26.9 Å². The molecule has 0 radical (unpaired) electrons. The van der Waals surface area contributed by atoms with Crippen LogP contribution in [0.5, 0.6) is 0 Å². The summed E-state index contributed by atoms with van der Waals surface area (Å²) in [6.45, 7) is 0. The summed E-state index contributed by atoms with van der Waals surface area (Å²) in [6.07, 6.45) is 1.47. The van der Waals surface area contributed by atoms with E-state index in [1.165, 1.54) is 12.1 Å². The zero-order valence-electron chi connectivity index (χ0n) is 13.7. The van der Waals surface area contributed by atoms with Gasteiger partial charge < -0.3 is 0 Å². The van der Waals surface area contributed by atoms with Crippen molar-refractivity contribution in [3.63, 3.8) is 0 Å². The van der Waals surface area contributed by atoms with Crippen LogP contribution in [0.25, 0.3) is 11.1 Å². The van der Waals surface area contributed by atoms with Gasteiger partial charge in [0, 0.05) is 0 Å². The van der Waals surface area contributed by atoms with E-state index in [4.69, 9.17) is 28.4 Å². The summed E-state index contributed by atoms with van der Waals surface area (Å²) in [5, 5.41) is 8.88. The topological polar surface area (TPSA) is 83.5 Å². The molecule has 0 aliphatic heterocycles. The average molecular weight is 414 g/mol. The van der Waals surface area contributed by atoms with Crippen molar-refractivity contribution in [2.75, 3.05) is 0 Å². The minimum absolute atomic E-state index is 0.156. The van der Waals surface area contributed by atoms with Crippen molar-refractivity contribution in [2.45, 2.75) is 29.4 Å². The molecule has 3 rings (SSSR count). The molecule has 0 aromatic heterocycles. The highest BCUT2D eigenvalue weighted by Crippen LogP contribution is 2.36. The maximum absolute atomic E-state index is 12.9. The molecule has 26 heavy (non-hydrogen) atoms. The quantitative estimate of drug-likeness (QED) is 0.583. The van der Waals surface area contributed by atoms with E-state index in [-0.39, 0.29) is 4.90 Å². The van der Waals surface area contributed by atoms with Crippen LogP contribution in [0.1, 0.15) is 19.3 Å². The normalized spacial score (nSPS) is 20.1. The Kier molecular flexibility index (Phi) is 5.58. The number of nitrogens with one attached hydrogen (secondary N) is 1. The van der Waals surface area contributed by atoms with Gasteiger partial charge in [-0.1, -0.05) is 47.8 Å². The third-order valence-corrected chi connectivity index (χ3v) is 7.76. The number of rotatable bonds is 4. The third kappa shape index (κ3) is 3.60. The minimum atomic E-state index is -3.68. The highest BCUT2D eigenvalue weighted by atomic mass is 35.5. The summed E-state index contributed by atoms with van der Waals surface area (Å²) in [5.41, 5.74) is 3.20. The molecule has 0 spiro atoms. The molecule has 2 aromatic carbocycles. The number of hydroxylamine groups is 1. The smallest absolute Gasteiger partial charge is 0.247 e. The molecule has 1 fully saturated rings. The van der Waals surface area contributed by atoms with Crippen LogP contribution in [0.3, 0.4) is 0 Å². The number of hydrogen-bond donors (Lipinski definition) is 2. The summed E-state index contributed by atoms with van der Waals surface area (Å²) < 4.78 is 25.8. The van der Waals surface area contributed by atoms with Crippen LogP contribution < -0.4 is 5.48 Å². The van der Waals surface area contributed by atoms with Gasteiger partial charge in [-0.05, 0) is 48.2 Å². The van der Waals surface area contributed by atoms with Gasteiger partial charge in [0.2, 0.25) is 5.91 Å². The maximum Gasteiger partial charge on any atom is 0.247 e. The van der Waals surface area contributed by atoms with E-state index >= 15 is 0 Å². The Balaban J connectivity index is 1.89. The predicted molar refractivity (Wildman–Crippen MR) is 100 cm³/mol. The van der Waals surface area contributed by atoms with Crippen LogP contribution in [0, 0.1) is 5.92 Å². The van der Waals surface area contributed by atoms with E-state index in [0.29, 0.717) is 29.3 Å². The summed E-state index contributed by atoms with van der Waals surface area (Å²) in [5.74, 6) is -1.39. The van der Waals surface area contributed by atoms with Gasteiger partial charge in [-0.15, -0.1) is 0 Å². The minimum Gasteiger partial charge on any atom is -0.289 e. The number of hydrogen-bond acceptors (Lipinski definition) is 4. The molecule has 2 N–H and O–H groups in total. The standard InChI is InChI=1S/C18H17Cl2NO4S/c19-15-9-6-12(10-16(15)20)11-4-7-13(8-5-11)26(24,25)17-3-1-2-14(17)18(22)21-23/h4-10,14,17,23H,1-3H2,(H,21,22)/t14-,17?/m0/s1. The second-order valence-corrected chi connectivity index (χ2v) is 9.23. The molecule has 8 heteroatoms. The predicted octanol–water partition coefficient (Wildman–Crippen LogP) is 4.11. The van der Waals surface area contributed by atoms with Gasteiger partial charge in [0.15, 0.2) is 9.84 Å². The molecule has 138 valence electrons. The molecule has 1 aliphatic rings. The molecular formula is C18H17Cl2NO4S. The molecule has 5 nitrogen and oxygen atoms in total. The number of amides is 1. The van der Waals surface area contributed by atoms with E-state index in [1.807, 2.05) is 0 Å². The first kappa shape index (κ1) is 19.2. The fraction of sp³-hybridized carbons (Fsp3) is 0.278. The molecule has 1 amide bonds. The van der Waals surface area contributed by atoms with E-state index in [2.05, 4.69) is 0 Å². The van der Waals surface area contributed by atoms with Crippen LogP contribution in [0.4, 0.5) is 0 Å². The van der Waals surface area contributed by atoms with E-state index in [1.54, 1.807) is 35.8 Å². The van der Waals surface area contributed by atoms with Crippen molar-refractivity contribution in [1.29, 1.82) is 0 Å². The Bertz CT molecular complexity index is 929. The summed E-state index contributed by atoms with van der Waals surface area (Å²) in [4.78, 5) is 11.9. The summed E-state index contributed by atoms with van der Waals surface area (Å²) in [6, 6.07) is 11.6. The van der Waals surface area contributed by atoms with Gasteiger partial charge in [-0.25, -0.2) is 13.9 Å². The Morgan fingerprint density at radius 1 is 1.00 bits per heavy atom. The zero-order chi connectivity index (χ0) is 18.9. The number of carbonyl (C=O) groups is 1. The van der Waals surface area contributed by atoms with Crippen molar-refractivity contribution in [3.05, 3.63) is 52.5 Å². The van der Waals surface area contributed by atoms with Gasteiger partial charge in [-0.3, -0.25) is 10.0 Å². The lowest BCUT2D eigenvalue weighted by atomic mass is 10.1. The molecule has 2 aromatic rings. The van der Waals surface area contributed by atoms with Gasteiger partial charge in [0.05, 0.1) is 26.1 Å². The van der Waals surface area contributed by atoms with Gasteiger partial charge in [0.1, 0.15) is 0 Å². The summed E-state index contributed by atoms with van der Waals surface area (Å²) >= 11 is 11.9. The number of benzene rings is 2. The number of sulfone groups is 1. The van der Waals surface area contributed by atoms with Crippen LogP contribution >= 0.6 is 23.2 Å². The first-order valence-electron chi connectivity index (χ1n) is 8.08. The van der Waals surface area contributed by atoms with Gasteiger partial charge in [0.25, 0.3) is 0 Å². The largest absolute Gasteiger partial charge is 0.289 e. The number of carbonyl (C=O) groups excluding carboxylic acids is 1. The van der Waals surface area contributed by atoms with E-state index in [9.17, 15) is 13.2 Å². The fourth-order valence-electron chi connectivity index (χ4n) is 3.37. The monoisotopic (exact) mass is 413 g/mol. The average Bonchev–Trinajstić information content (AvgIpc) is 3.14. The molecule has 0 saturated heterocycles. The van der Waals surface area contributed by atoms with E-state index in [0.717, 1.165) is 11.1 Å². The second-order valence-electron chi connectivity index (χ2n) is 6.25. The molecule has 1 aliphatic carbocycles. The Hall–Kier alpha value is -1.60. The maximum atomic E-state index is 12.9.